The number of nitrogens with zero attached hydrogens (tertiary/aromatic N) is 3. The maximum Gasteiger partial charge on any atom is 0.338 e. The van der Waals surface area contributed by atoms with Crippen LogP contribution in [-0.2, 0) is 19.6 Å². The van der Waals surface area contributed by atoms with Gasteiger partial charge in [0.05, 0.1) is 33.2 Å². The molecule has 204 valence electrons. The molecule has 2 atom stereocenters. The lowest BCUT2D eigenvalue weighted by Crippen LogP contribution is -2.56. The van der Waals surface area contributed by atoms with Crippen LogP contribution < -0.4 is 5.32 Å². The van der Waals surface area contributed by atoms with E-state index in [0.717, 1.165) is 0 Å². The third-order valence-corrected chi connectivity index (χ3v) is 9.60. The third-order valence-electron chi connectivity index (χ3n) is 6.74. The minimum Gasteiger partial charge on any atom is -0.463 e. The highest BCUT2D eigenvalue weighted by molar-refractivity contribution is 7.89. The Balaban J connectivity index is 1.66. The standard InChI is InChI=1S/C26H30Cl2N4O5S/c1-4-37-25(33)22-21(30(3)26(34)29-24(22)19-11-8-12-20(27)23(19)28)16-31-13-14-32(17(2)15-31)38(35,36)18-9-6-5-7-10-18/h5-12,17,24H,4,13-16H2,1-3H3,(H,29,34)/t17-,24-/m0/s1. The van der Waals surface area contributed by atoms with Gasteiger partial charge in [0.15, 0.2) is 0 Å². The molecule has 2 aliphatic rings. The second-order valence-corrected chi connectivity index (χ2v) is 11.9. The highest BCUT2D eigenvalue weighted by Gasteiger charge is 2.40. The van der Waals surface area contributed by atoms with Crippen molar-refractivity contribution in [2.75, 3.05) is 39.8 Å². The van der Waals surface area contributed by atoms with Gasteiger partial charge in [0, 0.05) is 45.0 Å². The van der Waals surface area contributed by atoms with E-state index in [1.807, 2.05) is 11.8 Å². The van der Waals surface area contributed by atoms with Crippen LogP contribution in [0.2, 0.25) is 10.0 Å². The summed E-state index contributed by atoms with van der Waals surface area (Å²) in [6.45, 7) is 5.02. The molecular weight excluding hydrogens is 551 g/mol. The van der Waals surface area contributed by atoms with Gasteiger partial charge in [0.1, 0.15) is 0 Å². The average molecular weight is 582 g/mol. The van der Waals surface area contributed by atoms with Crippen molar-refractivity contribution < 1.29 is 22.7 Å². The minimum atomic E-state index is -3.65. The molecule has 1 saturated heterocycles. The number of urea groups is 1. The van der Waals surface area contributed by atoms with Gasteiger partial charge in [-0.3, -0.25) is 9.80 Å². The lowest BCUT2D eigenvalue weighted by molar-refractivity contribution is -0.139. The van der Waals surface area contributed by atoms with Crippen LogP contribution in [0, 0.1) is 0 Å². The van der Waals surface area contributed by atoms with Crippen molar-refractivity contribution in [2.45, 2.75) is 30.8 Å². The zero-order valence-corrected chi connectivity index (χ0v) is 23.7. The molecule has 2 heterocycles. The maximum absolute atomic E-state index is 13.2. The number of sulfonamides is 1. The molecule has 0 aromatic heterocycles. The molecule has 2 aromatic carbocycles. The van der Waals surface area contributed by atoms with Crippen molar-refractivity contribution >= 4 is 45.2 Å². The molecule has 12 heteroatoms. The van der Waals surface area contributed by atoms with Gasteiger partial charge in [0.2, 0.25) is 10.0 Å². The van der Waals surface area contributed by atoms with Crippen LogP contribution in [0.4, 0.5) is 4.79 Å². The fourth-order valence-electron chi connectivity index (χ4n) is 4.83. The summed E-state index contributed by atoms with van der Waals surface area (Å²) in [5.41, 5.74) is 1.19. The Morgan fingerprint density at radius 2 is 1.82 bits per heavy atom. The molecule has 1 fully saturated rings. The fourth-order valence-corrected chi connectivity index (χ4v) is 6.88. The van der Waals surface area contributed by atoms with Crippen LogP contribution in [0.5, 0.6) is 0 Å². The Morgan fingerprint density at radius 1 is 1.11 bits per heavy atom. The predicted octanol–water partition coefficient (Wildman–Crippen LogP) is 3.90. The Kier molecular flexibility index (Phi) is 8.68. The zero-order chi connectivity index (χ0) is 27.6. The number of likely N-dealkylation sites (N-methyl/N-ethyl adjacent to an activating group) is 1. The van der Waals surface area contributed by atoms with Gasteiger partial charge in [0.25, 0.3) is 0 Å². The molecule has 0 saturated carbocycles. The predicted molar refractivity (Wildman–Crippen MR) is 145 cm³/mol. The van der Waals surface area contributed by atoms with Crippen molar-refractivity contribution in [3.05, 3.63) is 75.4 Å². The lowest BCUT2D eigenvalue weighted by atomic mass is 9.94. The van der Waals surface area contributed by atoms with Gasteiger partial charge in [-0.2, -0.15) is 4.31 Å². The van der Waals surface area contributed by atoms with Crippen LogP contribution >= 0.6 is 23.2 Å². The number of rotatable bonds is 7. The fraction of sp³-hybridized carbons (Fsp3) is 0.385. The number of nitrogens with one attached hydrogen (secondary N) is 1. The number of benzene rings is 2. The summed E-state index contributed by atoms with van der Waals surface area (Å²) in [5.74, 6) is -0.575. The molecule has 1 N–H and O–H groups in total. The third kappa shape index (κ3) is 5.55. The number of halogens is 2. The van der Waals surface area contributed by atoms with Gasteiger partial charge in [-0.1, -0.05) is 53.5 Å². The van der Waals surface area contributed by atoms with E-state index in [-0.39, 0.29) is 41.2 Å². The number of carbonyl (C=O) groups excluding carboxylic acids is 2. The first-order chi connectivity index (χ1) is 18.1. The normalized spacial score (nSPS) is 21.4. The van der Waals surface area contributed by atoms with Crippen molar-refractivity contribution in [1.29, 1.82) is 0 Å². The molecular formula is C26H30Cl2N4O5S. The van der Waals surface area contributed by atoms with E-state index >= 15 is 0 Å². The van der Waals surface area contributed by atoms with Crippen LogP contribution in [-0.4, -0.2) is 80.4 Å². The van der Waals surface area contributed by atoms with E-state index in [0.29, 0.717) is 29.4 Å². The second-order valence-electron chi connectivity index (χ2n) is 9.18. The number of hydrogen-bond acceptors (Lipinski definition) is 6. The molecule has 0 unspecified atom stereocenters. The molecule has 0 aliphatic carbocycles. The van der Waals surface area contributed by atoms with Crippen molar-refractivity contribution in [2.24, 2.45) is 0 Å². The molecule has 2 aliphatic heterocycles. The molecule has 2 aromatic rings. The summed E-state index contributed by atoms with van der Waals surface area (Å²) in [5, 5.41) is 3.37. The average Bonchev–Trinajstić information content (AvgIpc) is 2.89. The summed E-state index contributed by atoms with van der Waals surface area (Å²) in [6, 6.07) is 11.8. The topological polar surface area (TPSA) is 99.3 Å². The molecule has 0 radical (unpaired) electrons. The molecule has 0 bridgehead atoms. The molecule has 4 rings (SSSR count). The number of esters is 1. The quantitative estimate of drug-likeness (QED) is 0.498. The van der Waals surface area contributed by atoms with Crippen LogP contribution in [0.25, 0.3) is 0 Å². The molecule has 9 nitrogen and oxygen atoms in total. The Hall–Kier alpha value is -2.63. The maximum atomic E-state index is 13.2. The summed E-state index contributed by atoms with van der Waals surface area (Å²) >= 11 is 12.7. The minimum absolute atomic E-state index is 0.149. The van der Waals surface area contributed by atoms with E-state index in [1.54, 1.807) is 62.5 Å². The van der Waals surface area contributed by atoms with E-state index in [9.17, 15) is 18.0 Å². The highest BCUT2D eigenvalue weighted by Crippen LogP contribution is 2.37. The first-order valence-corrected chi connectivity index (χ1v) is 14.4. The Labute approximate surface area is 233 Å². The van der Waals surface area contributed by atoms with E-state index < -0.39 is 28.1 Å². The lowest BCUT2D eigenvalue weighted by Gasteiger charge is -2.41. The van der Waals surface area contributed by atoms with Gasteiger partial charge in [-0.25, -0.2) is 18.0 Å². The molecule has 38 heavy (non-hydrogen) atoms. The first kappa shape index (κ1) is 28.4. The number of amides is 2. The number of piperazine rings is 1. The zero-order valence-electron chi connectivity index (χ0n) is 21.4. The van der Waals surface area contributed by atoms with Crippen LogP contribution in [0.1, 0.15) is 25.5 Å². The van der Waals surface area contributed by atoms with Gasteiger partial charge < -0.3 is 10.1 Å². The Morgan fingerprint density at radius 3 is 2.47 bits per heavy atom. The van der Waals surface area contributed by atoms with Crippen molar-refractivity contribution in [3.63, 3.8) is 0 Å². The van der Waals surface area contributed by atoms with E-state index in [2.05, 4.69) is 5.32 Å². The van der Waals surface area contributed by atoms with Gasteiger partial charge in [-0.05, 0) is 37.6 Å². The summed E-state index contributed by atoms with van der Waals surface area (Å²) in [6.07, 6.45) is 0. The monoisotopic (exact) mass is 580 g/mol. The van der Waals surface area contributed by atoms with E-state index in [1.165, 1.54) is 9.21 Å². The molecule has 2 amide bonds. The summed E-state index contributed by atoms with van der Waals surface area (Å²) < 4.78 is 33.3. The summed E-state index contributed by atoms with van der Waals surface area (Å²) in [7, 11) is -2.07. The highest BCUT2D eigenvalue weighted by atomic mass is 35.5. The van der Waals surface area contributed by atoms with Crippen LogP contribution in [0.15, 0.2) is 64.7 Å². The SMILES string of the molecule is CCOC(=O)C1=C(CN2CCN(S(=O)(=O)c3ccccc3)[C@@H](C)C2)N(C)C(=O)N[C@H]1c1cccc(Cl)c1Cl. The van der Waals surface area contributed by atoms with Crippen molar-refractivity contribution in [3.8, 4) is 0 Å². The smallest absolute Gasteiger partial charge is 0.338 e. The van der Waals surface area contributed by atoms with Crippen molar-refractivity contribution in [1.82, 2.24) is 19.4 Å². The number of carbonyl (C=O) groups is 2. The van der Waals surface area contributed by atoms with Gasteiger partial charge >= 0.3 is 12.0 Å². The Bertz CT molecular complexity index is 1350. The number of hydrogen-bond donors (Lipinski definition) is 1. The summed E-state index contributed by atoms with van der Waals surface area (Å²) in [4.78, 5) is 29.9. The van der Waals surface area contributed by atoms with Gasteiger partial charge in [-0.15, -0.1) is 0 Å². The number of ether oxygens (including phenoxy) is 1. The first-order valence-electron chi connectivity index (χ1n) is 12.2. The molecule has 0 spiro atoms. The van der Waals surface area contributed by atoms with E-state index in [4.69, 9.17) is 27.9 Å². The second kappa shape index (κ2) is 11.6. The van der Waals surface area contributed by atoms with Crippen LogP contribution in [0.3, 0.4) is 0 Å². The largest absolute Gasteiger partial charge is 0.463 e.